The molecule has 0 aromatic carbocycles. The number of halogens is 1. The van der Waals surface area contributed by atoms with Crippen molar-refractivity contribution >= 4 is 28.8 Å². The molecule has 0 saturated heterocycles. The summed E-state index contributed by atoms with van der Waals surface area (Å²) < 4.78 is 5.28. The minimum atomic E-state index is -0.245. The molecule has 1 atom stereocenters. The van der Waals surface area contributed by atoms with Crippen molar-refractivity contribution in [1.82, 2.24) is 10.3 Å². The van der Waals surface area contributed by atoms with E-state index < -0.39 is 0 Å². The van der Waals surface area contributed by atoms with Gasteiger partial charge in [-0.3, -0.25) is 4.79 Å². The van der Waals surface area contributed by atoms with Crippen LogP contribution in [-0.2, 0) is 5.88 Å². The van der Waals surface area contributed by atoms with Crippen LogP contribution >= 0.6 is 22.9 Å². The van der Waals surface area contributed by atoms with Crippen molar-refractivity contribution < 1.29 is 9.21 Å². The molecule has 2 heterocycles. The number of aryl methyl sites for hydroxylation is 1. The number of rotatable bonds is 4. The highest BCUT2D eigenvalue weighted by Gasteiger charge is 2.16. The molecular weight excluding hydrogens is 272 g/mol. The molecular formula is C12H13ClN2O2S. The summed E-state index contributed by atoms with van der Waals surface area (Å²) in [6.07, 6.45) is 1.78. The average Bonchev–Trinajstić information content (AvgIpc) is 2.97. The van der Waals surface area contributed by atoms with Gasteiger partial charge in [-0.2, -0.15) is 0 Å². The van der Waals surface area contributed by atoms with Gasteiger partial charge in [-0.05, 0) is 26.0 Å². The maximum Gasteiger partial charge on any atom is 0.287 e. The Balaban J connectivity index is 2.02. The Hall–Kier alpha value is -1.33. The molecule has 6 heteroatoms. The van der Waals surface area contributed by atoms with Crippen LogP contribution in [0.25, 0.3) is 0 Å². The monoisotopic (exact) mass is 284 g/mol. The third-order valence-electron chi connectivity index (χ3n) is 2.43. The van der Waals surface area contributed by atoms with E-state index in [4.69, 9.17) is 16.0 Å². The molecule has 4 nitrogen and oxygen atoms in total. The summed E-state index contributed by atoms with van der Waals surface area (Å²) in [5.74, 6) is 0.878. The van der Waals surface area contributed by atoms with Crippen LogP contribution in [-0.4, -0.2) is 10.9 Å². The van der Waals surface area contributed by atoms with E-state index in [1.54, 1.807) is 29.7 Å². The molecule has 1 amide bonds. The second-order valence-corrected chi connectivity index (χ2v) is 5.41. The fourth-order valence-corrected chi connectivity index (χ4v) is 2.42. The maximum absolute atomic E-state index is 11.9. The van der Waals surface area contributed by atoms with Gasteiger partial charge in [0.1, 0.15) is 5.76 Å². The van der Waals surface area contributed by atoms with Crippen LogP contribution in [0.4, 0.5) is 0 Å². The number of aromatic nitrogens is 1. The van der Waals surface area contributed by atoms with Crippen molar-refractivity contribution in [1.29, 1.82) is 0 Å². The summed E-state index contributed by atoms with van der Waals surface area (Å²) in [4.78, 5) is 17.1. The Morgan fingerprint density at radius 1 is 1.61 bits per heavy atom. The summed E-state index contributed by atoms with van der Waals surface area (Å²) in [5, 5.41) is 3.84. The van der Waals surface area contributed by atoms with E-state index >= 15 is 0 Å². The quantitative estimate of drug-likeness (QED) is 0.877. The lowest BCUT2D eigenvalue weighted by molar-refractivity contribution is 0.0911. The minimum Gasteiger partial charge on any atom is -0.455 e. The summed E-state index contributed by atoms with van der Waals surface area (Å²) in [5.41, 5.74) is 0. The molecule has 96 valence electrons. The highest BCUT2D eigenvalue weighted by atomic mass is 35.5. The van der Waals surface area contributed by atoms with E-state index in [2.05, 4.69) is 10.3 Å². The Morgan fingerprint density at radius 3 is 2.94 bits per heavy atom. The third-order valence-corrected chi connectivity index (χ3v) is 3.79. The second-order valence-electron chi connectivity index (χ2n) is 3.88. The molecule has 0 spiro atoms. The summed E-state index contributed by atoms with van der Waals surface area (Å²) >= 11 is 7.18. The number of alkyl halides is 1. The van der Waals surface area contributed by atoms with Crippen molar-refractivity contribution in [3.8, 4) is 0 Å². The molecule has 2 rings (SSSR count). The van der Waals surface area contributed by atoms with Crippen molar-refractivity contribution in [2.45, 2.75) is 25.8 Å². The number of hydrogen-bond donors (Lipinski definition) is 1. The molecule has 1 N–H and O–H groups in total. The first-order chi connectivity index (χ1) is 8.60. The van der Waals surface area contributed by atoms with E-state index in [9.17, 15) is 4.79 Å². The summed E-state index contributed by atoms with van der Waals surface area (Å²) in [6, 6.07) is 3.23. The largest absolute Gasteiger partial charge is 0.455 e. The zero-order valence-corrected chi connectivity index (χ0v) is 11.6. The zero-order chi connectivity index (χ0) is 13.1. The summed E-state index contributed by atoms with van der Waals surface area (Å²) in [7, 11) is 0. The van der Waals surface area contributed by atoms with Gasteiger partial charge in [0.25, 0.3) is 5.91 Å². The first-order valence-electron chi connectivity index (χ1n) is 5.48. The molecule has 2 aromatic rings. The average molecular weight is 285 g/mol. The predicted octanol–water partition coefficient (Wildman–Crippen LogP) is 3.27. The van der Waals surface area contributed by atoms with E-state index in [1.165, 1.54) is 0 Å². The lowest BCUT2D eigenvalue weighted by atomic mass is 10.3. The van der Waals surface area contributed by atoms with Gasteiger partial charge < -0.3 is 9.73 Å². The van der Waals surface area contributed by atoms with Gasteiger partial charge in [-0.15, -0.1) is 22.9 Å². The Labute approximate surface area is 114 Å². The maximum atomic E-state index is 11.9. The summed E-state index contributed by atoms with van der Waals surface area (Å²) in [6.45, 7) is 3.85. The SMILES string of the molecule is Cc1ncc(C(C)NC(=O)c2ccc(CCl)o2)s1. The number of carbonyl (C=O) groups is 1. The van der Waals surface area contributed by atoms with Gasteiger partial charge in [0.15, 0.2) is 5.76 Å². The zero-order valence-electron chi connectivity index (χ0n) is 10.1. The van der Waals surface area contributed by atoms with E-state index in [0.717, 1.165) is 9.88 Å². The van der Waals surface area contributed by atoms with Crippen molar-refractivity contribution in [2.75, 3.05) is 0 Å². The van der Waals surface area contributed by atoms with Gasteiger partial charge in [0.2, 0.25) is 0 Å². The fraction of sp³-hybridized carbons (Fsp3) is 0.333. The first-order valence-corrected chi connectivity index (χ1v) is 6.83. The van der Waals surface area contributed by atoms with E-state index in [-0.39, 0.29) is 23.6 Å². The van der Waals surface area contributed by atoms with Gasteiger partial charge in [0.05, 0.1) is 16.9 Å². The molecule has 0 aliphatic heterocycles. The predicted molar refractivity (Wildman–Crippen MR) is 71.0 cm³/mol. The van der Waals surface area contributed by atoms with Gasteiger partial charge in [-0.25, -0.2) is 4.98 Å². The molecule has 0 fully saturated rings. The molecule has 2 aromatic heterocycles. The molecule has 0 aliphatic rings. The van der Waals surface area contributed by atoms with Crippen molar-refractivity contribution in [2.24, 2.45) is 0 Å². The highest BCUT2D eigenvalue weighted by Crippen LogP contribution is 2.20. The number of carbonyl (C=O) groups excluding carboxylic acids is 1. The number of hydrogen-bond acceptors (Lipinski definition) is 4. The molecule has 0 saturated carbocycles. The second kappa shape index (κ2) is 5.54. The van der Waals surface area contributed by atoms with Crippen LogP contribution in [0.2, 0.25) is 0 Å². The lowest BCUT2D eigenvalue weighted by Gasteiger charge is -2.10. The third kappa shape index (κ3) is 2.91. The number of amides is 1. The van der Waals surface area contributed by atoms with Gasteiger partial charge in [0, 0.05) is 11.1 Å². The Kier molecular flexibility index (Phi) is 4.04. The minimum absolute atomic E-state index is 0.0896. The van der Waals surface area contributed by atoms with Crippen LogP contribution < -0.4 is 5.32 Å². The van der Waals surface area contributed by atoms with Gasteiger partial charge in [-0.1, -0.05) is 0 Å². The van der Waals surface area contributed by atoms with Crippen LogP contribution in [0.1, 0.15) is 39.2 Å². The van der Waals surface area contributed by atoms with Crippen LogP contribution in [0, 0.1) is 6.92 Å². The Bertz CT molecular complexity index is 550. The number of nitrogens with one attached hydrogen (secondary N) is 1. The molecule has 0 bridgehead atoms. The molecule has 0 radical (unpaired) electrons. The molecule has 18 heavy (non-hydrogen) atoms. The number of thiazole rings is 1. The van der Waals surface area contributed by atoms with Crippen LogP contribution in [0.3, 0.4) is 0 Å². The first kappa shape index (κ1) is 13.1. The normalized spacial score (nSPS) is 12.4. The molecule has 0 aliphatic carbocycles. The van der Waals surface area contributed by atoms with Crippen LogP contribution in [0.15, 0.2) is 22.7 Å². The number of furan rings is 1. The van der Waals surface area contributed by atoms with Gasteiger partial charge >= 0.3 is 0 Å². The van der Waals surface area contributed by atoms with Crippen molar-refractivity contribution in [3.05, 3.63) is 39.7 Å². The van der Waals surface area contributed by atoms with Crippen LogP contribution in [0.5, 0.6) is 0 Å². The lowest BCUT2D eigenvalue weighted by Crippen LogP contribution is -2.25. The highest BCUT2D eigenvalue weighted by molar-refractivity contribution is 7.11. The van der Waals surface area contributed by atoms with E-state index in [0.29, 0.717) is 5.76 Å². The fourth-order valence-electron chi connectivity index (χ4n) is 1.49. The smallest absolute Gasteiger partial charge is 0.287 e. The van der Waals surface area contributed by atoms with E-state index in [1.807, 2.05) is 13.8 Å². The topological polar surface area (TPSA) is 55.1 Å². The number of nitrogens with zero attached hydrogens (tertiary/aromatic N) is 1. The van der Waals surface area contributed by atoms with Crippen molar-refractivity contribution in [3.63, 3.8) is 0 Å². The molecule has 1 unspecified atom stereocenters. The standard InChI is InChI=1S/C12H13ClN2O2S/c1-7(11-6-14-8(2)18-11)15-12(16)10-4-3-9(5-13)17-10/h3-4,6-7H,5H2,1-2H3,(H,15,16). The Morgan fingerprint density at radius 2 is 2.39 bits per heavy atom.